The first-order valence-electron chi connectivity index (χ1n) is 8.10. The average Bonchev–Trinajstić information content (AvgIpc) is 3.03. The summed E-state index contributed by atoms with van der Waals surface area (Å²) in [4.78, 5) is 58.1. The number of amides is 4. The standard InChI is InChI=1S/C15H18N2O4.CH2O3/c18-12-4-5-13(19)16(12)9-10-2-1-3-11(8-10)17-14(20)6-7-15(17)21;2-1(3)4/h6-7,10-11H,1-5,8-9H2;(H2,2,3,4). The van der Waals surface area contributed by atoms with Gasteiger partial charge in [0, 0.05) is 37.6 Å². The summed E-state index contributed by atoms with van der Waals surface area (Å²) < 4.78 is 0. The summed E-state index contributed by atoms with van der Waals surface area (Å²) in [6.07, 6.45) is 4.70. The number of hydrogen-bond acceptors (Lipinski definition) is 5. The van der Waals surface area contributed by atoms with Crippen LogP contribution in [0.1, 0.15) is 38.5 Å². The molecule has 136 valence electrons. The van der Waals surface area contributed by atoms with Gasteiger partial charge in [0.05, 0.1) is 0 Å². The summed E-state index contributed by atoms with van der Waals surface area (Å²) in [6, 6.07) is -0.105. The Morgan fingerprint density at radius 2 is 1.52 bits per heavy atom. The molecule has 3 aliphatic rings. The van der Waals surface area contributed by atoms with Gasteiger partial charge in [0.1, 0.15) is 0 Å². The number of likely N-dealkylation sites (tertiary alicyclic amines) is 1. The number of nitrogens with zero attached hydrogens (tertiary/aromatic N) is 2. The zero-order valence-corrected chi connectivity index (χ0v) is 13.6. The van der Waals surface area contributed by atoms with E-state index in [2.05, 4.69) is 0 Å². The largest absolute Gasteiger partial charge is 0.503 e. The van der Waals surface area contributed by atoms with Crippen molar-refractivity contribution >= 4 is 29.8 Å². The zero-order valence-electron chi connectivity index (χ0n) is 13.6. The van der Waals surface area contributed by atoms with E-state index in [1.54, 1.807) is 0 Å². The third-order valence-electron chi connectivity index (χ3n) is 4.56. The highest BCUT2D eigenvalue weighted by Crippen LogP contribution is 2.31. The van der Waals surface area contributed by atoms with Gasteiger partial charge in [-0.2, -0.15) is 0 Å². The summed E-state index contributed by atoms with van der Waals surface area (Å²) in [6.45, 7) is 0.428. The zero-order chi connectivity index (χ0) is 18.6. The number of carboxylic acid groups (broad SMARTS) is 2. The molecule has 2 aliphatic heterocycles. The van der Waals surface area contributed by atoms with Gasteiger partial charge in [-0.1, -0.05) is 6.42 Å². The van der Waals surface area contributed by atoms with Gasteiger partial charge in [0.2, 0.25) is 11.8 Å². The fraction of sp³-hybridized carbons (Fsp3) is 0.562. The molecule has 2 heterocycles. The van der Waals surface area contributed by atoms with Gasteiger partial charge < -0.3 is 10.2 Å². The minimum atomic E-state index is -1.83. The van der Waals surface area contributed by atoms with E-state index in [4.69, 9.17) is 15.0 Å². The number of imide groups is 2. The molecule has 2 fully saturated rings. The molecule has 2 N–H and O–H groups in total. The van der Waals surface area contributed by atoms with E-state index in [1.165, 1.54) is 22.0 Å². The quantitative estimate of drug-likeness (QED) is 0.719. The van der Waals surface area contributed by atoms with Gasteiger partial charge in [-0.25, -0.2) is 4.79 Å². The first-order valence-corrected chi connectivity index (χ1v) is 8.10. The second-order valence-corrected chi connectivity index (χ2v) is 6.25. The Morgan fingerprint density at radius 1 is 1.00 bits per heavy atom. The van der Waals surface area contributed by atoms with Crippen molar-refractivity contribution in [2.45, 2.75) is 44.6 Å². The summed E-state index contributed by atoms with van der Waals surface area (Å²) in [5.41, 5.74) is 0. The summed E-state index contributed by atoms with van der Waals surface area (Å²) in [5, 5.41) is 13.9. The maximum absolute atomic E-state index is 11.7. The topological polar surface area (TPSA) is 132 Å². The monoisotopic (exact) mass is 352 g/mol. The van der Waals surface area contributed by atoms with Gasteiger partial charge in [0.15, 0.2) is 0 Å². The maximum Gasteiger partial charge on any atom is 0.503 e. The molecule has 0 aromatic carbocycles. The summed E-state index contributed by atoms with van der Waals surface area (Å²) in [7, 11) is 0. The van der Waals surface area contributed by atoms with Gasteiger partial charge >= 0.3 is 6.16 Å². The summed E-state index contributed by atoms with van der Waals surface area (Å²) >= 11 is 0. The molecule has 25 heavy (non-hydrogen) atoms. The highest BCUT2D eigenvalue weighted by molar-refractivity contribution is 6.13. The van der Waals surface area contributed by atoms with E-state index < -0.39 is 6.16 Å². The second kappa shape index (κ2) is 7.91. The van der Waals surface area contributed by atoms with Crippen LogP contribution < -0.4 is 0 Å². The Morgan fingerprint density at radius 3 is 2.04 bits per heavy atom. The van der Waals surface area contributed by atoms with E-state index in [1.807, 2.05) is 0 Å². The highest BCUT2D eigenvalue weighted by atomic mass is 16.6. The minimum Gasteiger partial charge on any atom is -0.450 e. The molecule has 0 spiro atoms. The predicted octanol–water partition coefficient (Wildman–Crippen LogP) is 0.842. The minimum absolute atomic E-state index is 0.0999. The Hall–Kier alpha value is -2.71. The fourth-order valence-electron chi connectivity index (χ4n) is 3.52. The van der Waals surface area contributed by atoms with Crippen LogP contribution in [0.15, 0.2) is 12.2 Å². The molecule has 9 nitrogen and oxygen atoms in total. The first kappa shape index (κ1) is 18.6. The molecule has 0 aromatic rings. The van der Waals surface area contributed by atoms with Gasteiger partial charge in [-0.3, -0.25) is 29.0 Å². The van der Waals surface area contributed by atoms with Crippen LogP contribution in [-0.2, 0) is 19.2 Å². The molecule has 3 rings (SSSR count). The normalized spacial score (nSPS) is 26.1. The Bertz CT molecular complexity index is 590. The van der Waals surface area contributed by atoms with E-state index in [-0.39, 0.29) is 35.6 Å². The molecule has 0 aromatic heterocycles. The Labute approximate surface area is 143 Å². The number of carbonyl (C=O) groups is 5. The molecule has 2 atom stereocenters. The molecule has 2 unspecified atom stereocenters. The number of carbonyl (C=O) groups excluding carboxylic acids is 4. The van der Waals surface area contributed by atoms with Crippen LogP contribution in [0, 0.1) is 5.92 Å². The predicted molar refractivity (Wildman–Crippen MR) is 83.3 cm³/mol. The number of rotatable bonds is 3. The summed E-state index contributed by atoms with van der Waals surface area (Å²) in [5.74, 6) is -0.525. The van der Waals surface area contributed by atoms with Crippen molar-refractivity contribution in [3.8, 4) is 0 Å². The third-order valence-corrected chi connectivity index (χ3v) is 4.56. The van der Waals surface area contributed by atoms with Crippen molar-refractivity contribution in [2.75, 3.05) is 6.54 Å². The molecule has 1 aliphatic carbocycles. The third kappa shape index (κ3) is 4.65. The Kier molecular flexibility index (Phi) is 5.89. The van der Waals surface area contributed by atoms with Gasteiger partial charge in [0.25, 0.3) is 11.8 Å². The highest BCUT2D eigenvalue weighted by Gasteiger charge is 2.37. The molecule has 0 radical (unpaired) electrons. The smallest absolute Gasteiger partial charge is 0.450 e. The van der Waals surface area contributed by atoms with E-state index in [9.17, 15) is 19.2 Å². The lowest BCUT2D eigenvalue weighted by atomic mass is 9.84. The van der Waals surface area contributed by atoms with Crippen molar-refractivity contribution in [3.05, 3.63) is 12.2 Å². The lowest BCUT2D eigenvalue weighted by Crippen LogP contribution is -2.45. The molecular formula is C16H20N2O7. The van der Waals surface area contributed by atoms with Gasteiger partial charge in [-0.05, 0) is 25.2 Å². The first-order chi connectivity index (χ1) is 11.8. The van der Waals surface area contributed by atoms with Crippen molar-refractivity contribution in [2.24, 2.45) is 5.92 Å². The van der Waals surface area contributed by atoms with Crippen LogP contribution in [-0.4, -0.2) is 62.4 Å². The fourth-order valence-corrected chi connectivity index (χ4v) is 3.52. The van der Waals surface area contributed by atoms with Crippen LogP contribution in [0.4, 0.5) is 4.79 Å². The molecule has 4 amide bonds. The molecular weight excluding hydrogens is 332 g/mol. The van der Waals surface area contributed by atoms with E-state index in [0.29, 0.717) is 25.8 Å². The van der Waals surface area contributed by atoms with Crippen molar-refractivity contribution in [1.82, 2.24) is 9.80 Å². The van der Waals surface area contributed by atoms with Crippen LogP contribution >= 0.6 is 0 Å². The van der Waals surface area contributed by atoms with Crippen LogP contribution in [0.2, 0.25) is 0 Å². The number of hydrogen-bond donors (Lipinski definition) is 2. The van der Waals surface area contributed by atoms with E-state index in [0.717, 1.165) is 19.3 Å². The molecule has 1 saturated heterocycles. The van der Waals surface area contributed by atoms with Crippen LogP contribution in [0.5, 0.6) is 0 Å². The average molecular weight is 352 g/mol. The maximum atomic E-state index is 11.7. The lowest BCUT2D eigenvalue weighted by molar-refractivity contribution is -0.143. The SMILES string of the molecule is O=C(O)O.O=C1CCC(=O)N1CC1CCCC(N2C(=O)C=CC2=O)C1. The molecule has 1 saturated carbocycles. The van der Waals surface area contributed by atoms with Crippen molar-refractivity contribution in [3.63, 3.8) is 0 Å². The molecule has 9 heteroatoms. The van der Waals surface area contributed by atoms with Crippen molar-refractivity contribution < 1.29 is 34.2 Å². The van der Waals surface area contributed by atoms with Crippen molar-refractivity contribution in [1.29, 1.82) is 0 Å². The van der Waals surface area contributed by atoms with Gasteiger partial charge in [-0.15, -0.1) is 0 Å². The van der Waals surface area contributed by atoms with Crippen LogP contribution in [0.3, 0.4) is 0 Å². The van der Waals surface area contributed by atoms with E-state index >= 15 is 0 Å². The Balaban J connectivity index is 0.000000511. The second-order valence-electron chi connectivity index (χ2n) is 6.25. The van der Waals surface area contributed by atoms with Crippen LogP contribution in [0.25, 0.3) is 0 Å². The lowest BCUT2D eigenvalue weighted by Gasteiger charge is -2.35. The molecule has 0 bridgehead atoms.